The molecule has 1 heterocycles. The number of nitrogens with zero attached hydrogens (tertiary/aromatic N) is 1. The molecule has 0 aromatic rings. The van der Waals surface area contributed by atoms with E-state index in [0.29, 0.717) is 13.0 Å². The van der Waals surface area contributed by atoms with Gasteiger partial charge < -0.3 is 10.2 Å². The maximum absolute atomic E-state index is 12.6. The molecule has 1 atom stereocenters. The van der Waals surface area contributed by atoms with Gasteiger partial charge in [-0.1, -0.05) is 103 Å². The summed E-state index contributed by atoms with van der Waals surface area (Å²) >= 11 is 0. The standard InChI is InChI=1S/C27H53N3O3/c1-2-3-4-5-6-7-8-9-10-11-12-13-14-15-16-18-22-28-27(32)30-23-19-17-20-26(30)21-24-33-29-25-31/h25-26H,2-24H2,1H3,(H,28,32)(H,29,31). The zero-order valence-electron chi connectivity index (χ0n) is 21.6. The van der Waals surface area contributed by atoms with Gasteiger partial charge in [-0.25, -0.2) is 10.3 Å². The highest BCUT2D eigenvalue weighted by atomic mass is 16.6. The Morgan fingerprint density at radius 3 is 1.94 bits per heavy atom. The summed E-state index contributed by atoms with van der Waals surface area (Å²) in [5, 5.41) is 3.11. The van der Waals surface area contributed by atoms with E-state index < -0.39 is 0 Å². The van der Waals surface area contributed by atoms with Crippen LogP contribution in [0.25, 0.3) is 0 Å². The average molecular weight is 468 g/mol. The van der Waals surface area contributed by atoms with E-state index >= 15 is 0 Å². The molecular formula is C27H53N3O3. The molecular weight excluding hydrogens is 414 g/mol. The molecule has 194 valence electrons. The highest BCUT2D eigenvalue weighted by Crippen LogP contribution is 2.20. The van der Waals surface area contributed by atoms with Crippen LogP contribution in [0.5, 0.6) is 0 Å². The minimum Gasteiger partial charge on any atom is -0.338 e. The first kappa shape index (κ1) is 29.7. The Morgan fingerprint density at radius 1 is 0.848 bits per heavy atom. The number of hydrogen-bond acceptors (Lipinski definition) is 3. The Bertz CT molecular complexity index is 462. The summed E-state index contributed by atoms with van der Waals surface area (Å²) in [4.78, 5) is 29.8. The molecule has 2 N–H and O–H groups in total. The molecule has 6 heteroatoms. The lowest BCUT2D eigenvalue weighted by atomic mass is 10.00. The molecule has 0 aromatic carbocycles. The molecule has 3 amide bonds. The van der Waals surface area contributed by atoms with Gasteiger partial charge in [0.25, 0.3) is 0 Å². The smallest absolute Gasteiger partial charge is 0.317 e. The van der Waals surface area contributed by atoms with Crippen LogP contribution in [0.1, 0.15) is 135 Å². The molecule has 6 nitrogen and oxygen atoms in total. The molecule has 0 spiro atoms. The number of rotatable bonds is 22. The average Bonchev–Trinajstić information content (AvgIpc) is 2.84. The van der Waals surface area contributed by atoms with Crippen molar-refractivity contribution in [3.63, 3.8) is 0 Å². The maximum Gasteiger partial charge on any atom is 0.317 e. The first-order valence-electron chi connectivity index (χ1n) is 14.1. The number of likely N-dealkylation sites (tertiary alicyclic amines) is 1. The van der Waals surface area contributed by atoms with E-state index in [1.807, 2.05) is 4.90 Å². The Kier molecular flexibility index (Phi) is 20.3. The fourth-order valence-corrected chi connectivity index (χ4v) is 4.83. The summed E-state index contributed by atoms with van der Waals surface area (Å²) in [6, 6.07) is 0.266. The van der Waals surface area contributed by atoms with Gasteiger partial charge in [0.2, 0.25) is 6.41 Å². The lowest BCUT2D eigenvalue weighted by Crippen LogP contribution is -2.49. The third-order valence-electron chi connectivity index (χ3n) is 6.88. The van der Waals surface area contributed by atoms with E-state index in [0.717, 1.165) is 45.2 Å². The van der Waals surface area contributed by atoms with Crippen molar-refractivity contribution in [1.82, 2.24) is 15.7 Å². The number of carbonyl (C=O) groups excluding carboxylic acids is 2. The molecule has 0 bridgehead atoms. The van der Waals surface area contributed by atoms with Crippen LogP contribution in [0.4, 0.5) is 4.79 Å². The Labute approximate surface area is 203 Å². The van der Waals surface area contributed by atoms with Crippen molar-refractivity contribution < 1.29 is 14.4 Å². The van der Waals surface area contributed by atoms with Crippen LogP contribution >= 0.6 is 0 Å². The zero-order chi connectivity index (χ0) is 23.8. The van der Waals surface area contributed by atoms with Crippen LogP contribution in [0.15, 0.2) is 0 Å². The van der Waals surface area contributed by atoms with Gasteiger partial charge >= 0.3 is 6.03 Å². The van der Waals surface area contributed by atoms with Gasteiger partial charge in [-0.2, -0.15) is 0 Å². The minimum atomic E-state index is 0.0593. The number of carbonyl (C=O) groups is 2. The Morgan fingerprint density at radius 2 is 1.39 bits per heavy atom. The molecule has 0 aliphatic carbocycles. The molecule has 0 saturated carbocycles. The van der Waals surface area contributed by atoms with E-state index in [4.69, 9.17) is 4.84 Å². The van der Waals surface area contributed by atoms with Gasteiger partial charge in [-0.15, -0.1) is 0 Å². The number of piperidine rings is 1. The number of urea groups is 1. The maximum atomic E-state index is 12.6. The monoisotopic (exact) mass is 467 g/mol. The van der Waals surface area contributed by atoms with Crippen molar-refractivity contribution in [3.05, 3.63) is 0 Å². The molecule has 1 aliphatic rings. The first-order valence-corrected chi connectivity index (χ1v) is 14.1. The van der Waals surface area contributed by atoms with E-state index in [-0.39, 0.29) is 12.1 Å². The number of unbranched alkanes of at least 4 members (excludes halogenated alkanes) is 15. The molecule has 1 unspecified atom stereocenters. The topological polar surface area (TPSA) is 70.7 Å². The summed E-state index contributed by atoms with van der Waals surface area (Å²) < 4.78 is 0. The van der Waals surface area contributed by atoms with Crippen molar-refractivity contribution in [1.29, 1.82) is 0 Å². The third kappa shape index (κ3) is 16.9. The molecule has 33 heavy (non-hydrogen) atoms. The van der Waals surface area contributed by atoms with Crippen LogP contribution in [-0.2, 0) is 9.63 Å². The fourth-order valence-electron chi connectivity index (χ4n) is 4.83. The van der Waals surface area contributed by atoms with Crippen LogP contribution in [0.2, 0.25) is 0 Å². The third-order valence-corrected chi connectivity index (χ3v) is 6.88. The van der Waals surface area contributed by atoms with E-state index in [1.165, 1.54) is 96.3 Å². The number of nitrogens with one attached hydrogen (secondary N) is 2. The SMILES string of the molecule is CCCCCCCCCCCCCCCCCCNC(=O)N1CCCCC1CCONC=O. The second-order valence-electron chi connectivity index (χ2n) is 9.75. The summed E-state index contributed by atoms with van der Waals surface area (Å²) in [7, 11) is 0. The lowest BCUT2D eigenvalue weighted by molar-refractivity contribution is -0.121. The molecule has 1 aliphatic heterocycles. The van der Waals surface area contributed by atoms with E-state index in [1.54, 1.807) is 0 Å². The van der Waals surface area contributed by atoms with Gasteiger partial charge in [-0.05, 0) is 32.1 Å². The second kappa shape index (κ2) is 22.5. The molecule has 1 rings (SSSR count). The van der Waals surface area contributed by atoms with Gasteiger partial charge in [0.15, 0.2) is 0 Å². The van der Waals surface area contributed by atoms with Crippen LogP contribution in [0, 0.1) is 0 Å². The van der Waals surface area contributed by atoms with Crippen molar-refractivity contribution in [2.24, 2.45) is 0 Å². The fraction of sp³-hybridized carbons (Fsp3) is 0.926. The lowest BCUT2D eigenvalue weighted by Gasteiger charge is -2.35. The van der Waals surface area contributed by atoms with Crippen LogP contribution in [-0.4, -0.2) is 43.1 Å². The number of hydrogen-bond donors (Lipinski definition) is 2. The number of hydroxylamine groups is 1. The first-order chi connectivity index (χ1) is 16.3. The van der Waals surface area contributed by atoms with Crippen LogP contribution < -0.4 is 10.8 Å². The molecule has 0 aromatic heterocycles. The zero-order valence-corrected chi connectivity index (χ0v) is 21.6. The normalized spacial score (nSPS) is 16.0. The highest BCUT2D eigenvalue weighted by molar-refractivity contribution is 5.74. The van der Waals surface area contributed by atoms with E-state index in [2.05, 4.69) is 17.7 Å². The second-order valence-corrected chi connectivity index (χ2v) is 9.75. The predicted molar refractivity (Wildman–Crippen MR) is 137 cm³/mol. The summed E-state index contributed by atoms with van der Waals surface area (Å²) in [6.45, 7) is 4.30. The quantitative estimate of drug-likeness (QED) is 0.104. The minimum absolute atomic E-state index is 0.0593. The molecule has 1 fully saturated rings. The summed E-state index contributed by atoms with van der Waals surface area (Å²) in [6.07, 6.45) is 26.3. The van der Waals surface area contributed by atoms with Crippen molar-refractivity contribution in [2.75, 3.05) is 19.7 Å². The van der Waals surface area contributed by atoms with E-state index in [9.17, 15) is 9.59 Å². The van der Waals surface area contributed by atoms with Gasteiger partial charge in [0, 0.05) is 19.1 Å². The van der Waals surface area contributed by atoms with Gasteiger partial charge in [-0.3, -0.25) is 9.63 Å². The van der Waals surface area contributed by atoms with Gasteiger partial charge in [0.1, 0.15) is 0 Å². The number of amides is 3. The Balaban J connectivity index is 1.89. The Hall–Kier alpha value is -1.30. The molecule has 0 radical (unpaired) electrons. The van der Waals surface area contributed by atoms with Gasteiger partial charge in [0.05, 0.1) is 6.61 Å². The van der Waals surface area contributed by atoms with Crippen molar-refractivity contribution in [3.8, 4) is 0 Å². The summed E-state index contributed by atoms with van der Waals surface area (Å²) in [5.74, 6) is 0. The predicted octanol–water partition coefficient (Wildman–Crippen LogP) is 6.88. The van der Waals surface area contributed by atoms with Crippen molar-refractivity contribution >= 4 is 12.4 Å². The summed E-state index contributed by atoms with van der Waals surface area (Å²) in [5.41, 5.74) is 2.22. The van der Waals surface area contributed by atoms with Crippen molar-refractivity contribution in [2.45, 2.75) is 141 Å². The highest BCUT2D eigenvalue weighted by Gasteiger charge is 2.26. The largest absolute Gasteiger partial charge is 0.338 e. The van der Waals surface area contributed by atoms with Crippen LogP contribution in [0.3, 0.4) is 0 Å². The molecule has 1 saturated heterocycles.